The zero-order valence-corrected chi connectivity index (χ0v) is 20.2. The summed E-state index contributed by atoms with van der Waals surface area (Å²) >= 11 is 0. The van der Waals surface area contributed by atoms with Gasteiger partial charge in [0.15, 0.2) is 11.5 Å². The molecule has 0 fully saturated rings. The SMILES string of the molecule is C#Cc1ccc2c3c(c(C(C)NC(=O)c4c(N)nn5cccnc45)n(-c4ccccc4)c(=O)c13)CCC2. The molecule has 1 aliphatic carbocycles. The van der Waals surface area contributed by atoms with Gasteiger partial charge in [-0.05, 0) is 67.0 Å². The molecule has 3 N–H and O–H groups in total. The lowest BCUT2D eigenvalue weighted by atomic mass is 9.85. The number of nitrogens with one attached hydrogen (secondary N) is 1. The first-order valence-corrected chi connectivity index (χ1v) is 12.1. The van der Waals surface area contributed by atoms with E-state index >= 15 is 0 Å². The third-order valence-electron chi connectivity index (χ3n) is 7.01. The van der Waals surface area contributed by atoms with Crippen LogP contribution in [0.25, 0.3) is 22.1 Å². The van der Waals surface area contributed by atoms with Crippen LogP contribution in [0.1, 0.15) is 52.1 Å². The number of hydrogen-bond donors (Lipinski definition) is 2. The van der Waals surface area contributed by atoms with Crippen LogP contribution in [-0.4, -0.2) is 25.1 Å². The Hall–Kier alpha value is -4.90. The number of nitrogens with two attached hydrogens (primary N) is 1. The summed E-state index contributed by atoms with van der Waals surface area (Å²) in [5.74, 6) is 2.38. The summed E-state index contributed by atoms with van der Waals surface area (Å²) in [6, 6.07) is 14.5. The van der Waals surface area contributed by atoms with Gasteiger partial charge in [-0.25, -0.2) is 9.50 Å². The first-order chi connectivity index (χ1) is 18.0. The van der Waals surface area contributed by atoms with E-state index in [1.54, 1.807) is 23.0 Å². The normalized spacial score (nSPS) is 13.4. The number of carbonyl (C=O) groups is 1. The standard InChI is InChI=1S/C29H24N6O2/c1-3-18-13-14-19-9-7-12-21-22(19)23(18)29(37)35(20-10-5-4-6-11-20)25(21)17(2)32-28(36)24-26(30)33-34-16-8-15-31-27(24)34/h1,4-6,8,10-11,13-17H,7,9,12H2,2H3,(H2,30,33)(H,32,36). The van der Waals surface area contributed by atoms with Crippen molar-refractivity contribution in [2.24, 2.45) is 0 Å². The lowest BCUT2D eigenvalue weighted by Gasteiger charge is -2.28. The van der Waals surface area contributed by atoms with Gasteiger partial charge in [0.1, 0.15) is 5.56 Å². The number of amides is 1. The van der Waals surface area contributed by atoms with Crippen molar-refractivity contribution in [2.75, 3.05) is 5.73 Å². The fraction of sp³-hybridized carbons (Fsp3) is 0.172. The number of carbonyl (C=O) groups excluding carboxylic acids is 1. The highest BCUT2D eigenvalue weighted by molar-refractivity contribution is 6.04. The number of aryl methyl sites for hydroxylation is 2. The summed E-state index contributed by atoms with van der Waals surface area (Å²) in [5.41, 5.74) is 10.6. The number of nitrogens with zero attached hydrogens (tertiary/aromatic N) is 4. The summed E-state index contributed by atoms with van der Waals surface area (Å²) in [7, 11) is 0. The molecule has 37 heavy (non-hydrogen) atoms. The number of nitrogen functional groups attached to an aromatic ring is 1. The molecule has 6 rings (SSSR count). The van der Waals surface area contributed by atoms with Gasteiger partial charge < -0.3 is 11.1 Å². The second-order valence-electron chi connectivity index (χ2n) is 9.20. The van der Waals surface area contributed by atoms with E-state index in [1.165, 1.54) is 4.52 Å². The van der Waals surface area contributed by atoms with Crippen molar-refractivity contribution in [3.05, 3.63) is 99.2 Å². The number of fused-ring (bicyclic) bond motifs is 1. The van der Waals surface area contributed by atoms with Gasteiger partial charge in [-0.2, -0.15) is 0 Å². The number of aromatic nitrogens is 4. The van der Waals surface area contributed by atoms with E-state index in [0.717, 1.165) is 41.5 Å². The van der Waals surface area contributed by atoms with Gasteiger partial charge in [0.05, 0.1) is 17.1 Å². The maximum atomic E-state index is 14.1. The van der Waals surface area contributed by atoms with Crippen LogP contribution in [0.3, 0.4) is 0 Å². The van der Waals surface area contributed by atoms with E-state index in [2.05, 4.69) is 21.3 Å². The van der Waals surface area contributed by atoms with Gasteiger partial charge in [-0.15, -0.1) is 11.5 Å². The average molecular weight is 489 g/mol. The largest absolute Gasteiger partial charge is 0.381 e. The lowest BCUT2D eigenvalue weighted by Crippen LogP contribution is -2.34. The zero-order valence-electron chi connectivity index (χ0n) is 20.2. The Morgan fingerprint density at radius 1 is 1.14 bits per heavy atom. The molecule has 0 saturated heterocycles. The maximum Gasteiger partial charge on any atom is 0.264 e. The lowest BCUT2D eigenvalue weighted by molar-refractivity contribution is 0.0941. The first-order valence-electron chi connectivity index (χ1n) is 12.1. The van der Waals surface area contributed by atoms with Crippen LogP contribution in [0.2, 0.25) is 0 Å². The Balaban J connectivity index is 1.58. The molecular weight excluding hydrogens is 464 g/mol. The molecule has 8 heteroatoms. The van der Waals surface area contributed by atoms with Crippen molar-refractivity contribution >= 4 is 28.1 Å². The Morgan fingerprint density at radius 3 is 2.73 bits per heavy atom. The van der Waals surface area contributed by atoms with E-state index in [-0.39, 0.29) is 16.9 Å². The second kappa shape index (κ2) is 8.64. The van der Waals surface area contributed by atoms with E-state index in [9.17, 15) is 9.59 Å². The predicted octanol–water partition coefficient (Wildman–Crippen LogP) is 3.58. The number of terminal acetylenes is 1. The van der Waals surface area contributed by atoms with Gasteiger partial charge in [0.2, 0.25) is 0 Å². The van der Waals surface area contributed by atoms with Crippen molar-refractivity contribution in [1.82, 2.24) is 24.5 Å². The molecule has 0 bridgehead atoms. The quantitative estimate of drug-likeness (QED) is 0.376. The third-order valence-corrected chi connectivity index (χ3v) is 7.01. The molecule has 2 aromatic carbocycles. The molecule has 0 spiro atoms. The summed E-state index contributed by atoms with van der Waals surface area (Å²) in [6.07, 6.45) is 11.7. The molecular formula is C29H24N6O2. The summed E-state index contributed by atoms with van der Waals surface area (Å²) in [6.45, 7) is 1.88. The Kier molecular flexibility index (Phi) is 5.27. The predicted molar refractivity (Wildman–Crippen MR) is 143 cm³/mol. The molecule has 0 aliphatic heterocycles. The molecule has 1 amide bonds. The van der Waals surface area contributed by atoms with Crippen LogP contribution in [-0.2, 0) is 12.8 Å². The van der Waals surface area contributed by atoms with E-state index in [1.807, 2.05) is 49.4 Å². The van der Waals surface area contributed by atoms with Crippen LogP contribution < -0.4 is 16.6 Å². The molecule has 0 radical (unpaired) electrons. The van der Waals surface area contributed by atoms with E-state index < -0.39 is 11.9 Å². The van der Waals surface area contributed by atoms with Crippen LogP contribution in [0, 0.1) is 12.3 Å². The highest BCUT2D eigenvalue weighted by Gasteiger charge is 2.29. The monoisotopic (exact) mass is 488 g/mol. The molecule has 0 saturated carbocycles. The average Bonchev–Trinajstić information content (AvgIpc) is 3.26. The molecule has 1 unspecified atom stereocenters. The van der Waals surface area contributed by atoms with Crippen molar-refractivity contribution < 1.29 is 4.79 Å². The molecule has 8 nitrogen and oxygen atoms in total. The number of pyridine rings is 1. The minimum atomic E-state index is -0.529. The second-order valence-corrected chi connectivity index (χ2v) is 9.20. The molecule has 1 aliphatic rings. The van der Waals surface area contributed by atoms with E-state index in [0.29, 0.717) is 22.3 Å². The van der Waals surface area contributed by atoms with Gasteiger partial charge in [0, 0.05) is 23.6 Å². The Labute approximate surface area is 212 Å². The number of benzene rings is 2. The topological polar surface area (TPSA) is 107 Å². The molecule has 3 aromatic heterocycles. The Bertz CT molecular complexity index is 1810. The highest BCUT2D eigenvalue weighted by atomic mass is 16.2. The van der Waals surface area contributed by atoms with Crippen LogP contribution in [0.4, 0.5) is 5.82 Å². The van der Waals surface area contributed by atoms with Gasteiger partial charge in [-0.3, -0.25) is 14.2 Å². The summed E-state index contributed by atoms with van der Waals surface area (Å²) < 4.78 is 3.17. The number of hydrogen-bond acceptors (Lipinski definition) is 5. The van der Waals surface area contributed by atoms with Crippen molar-refractivity contribution in [2.45, 2.75) is 32.2 Å². The van der Waals surface area contributed by atoms with E-state index in [4.69, 9.17) is 12.2 Å². The van der Waals surface area contributed by atoms with Crippen molar-refractivity contribution in [3.8, 4) is 18.0 Å². The number of rotatable bonds is 4. The zero-order chi connectivity index (χ0) is 25.7. The van der Waals surface area contributed by atoms with Crippen LogP contribution >= 0.6 is 0 Å². The van der Waals surface area contributed by atoms with Gasteiger partial charge >= 0.3 is 0 Å². The molecule has 182 valence electrons. The third kappa shape index (κ3) is 3.47. The first kappa shape index (κ1) is 22.6. The van der Waals surface area contributed by atoms with Crippen LogP contribution in [0.15, 0.2) is 65.7 Å². The summed E-state index contributed by atoms with van der Waals surface area (Å²) in [4.78, 5) is 31.9. The fourth-order valence-electron chi connectivity index (χ4n) is 5.48. The molecule has 5 aromatic rings. The molecule has 3 heterocycles. The minimum Gasteiger partial charge on any atom is -0.381 e. The number of anilines is 1. The van der Waals surface area contributed by atoms with Gasteiger partial charge in [-0.1, -0.05) is 30.2 Å². The molecule has 1 atom stereocenters. The smallest absolute Gasteiger partial charge is 0.264 e. The highest BCUT2D eigenvalue weighted by Crippen LogP contribution is 2.35. The Morgan fingerprint density at radius 2 is 1.95 bits per heavy atom. The minimum absolute atomic E-state index is 0.0876. The number of para-hydroxylation sites is 1. The van der Waals surface area contributed by atoms with Gasteiger partial charge in [0.25, 0.3) is 11.5 Å². The van der Waals surface area contributed by atoms with Crippen molar-refractivity contribution in [1.29, 1.82) is 0 Å². The summed E-state index contributed by atoms with van der Waals surface area (Å²) in [5, 5.41) is 8.74. The van der Waals surface area contributed by atoms with Crippen LogP contribution in [0.5, 0.6) is 0 Å². The maximum absolute atomic E-state index is 14.1. The van der Waals surface area contributed by atoms with Crippen molar-refractivity contribution in [3.63, 3.8) is 0 Å². The fourth-order valence-corrected chi connectivity index (χ4v) is 5.48.